The van der Waals surface area contributed by atoms with E-state index in [1.165, 1.54) is 16.6 Å². The molecule has 0 unspecified atom stereocenters. The molecule has 2 aromatic heterocycles. The summed E-state index contributed by atoms with van der Waals surface area (Å²) in [4.78, 5) is 33.1. The number of ether oxygens (including phenoxy) is 1. The molecule has 0 bridgehead atoms. The molecule has 1 amide bonds. The van der Waals surface area contributed by atoms with Crippen LogP contribution in [0.25, 0.3) is 5.82 Å². The molecule has 2 aliphatic heterocycles. The third kappa shape index (κ3) is 4.77. The van der Waals surface area contributed by atoms with Gasteiger partial charge in [0.15, 0.2) is 5.82 Å². The van der Waals surface area contributed by atoms with Crippen molar-refractivity contribution in [1.29, 1.82) is 0 Å². The van der Waals surface area contributed by atoms with Crippen LogP contribution in [0, 0.1) is 6.92 Å². The fourth-order valence-corrected chi connectivity index (χ4v) is 4.73. The highest BCUT2D eigenvalue weighted by Crippen LogP contribution is 2.26. The van der Waals surface area contributed by atoms with Crippen LogP contribution in [0.15, 0.2) is 36.8 Å². The normalized spacial score (nSPS) is 17.9. The summed E-state index contributed by atoms with van der Waals surface area (Å²) in [6, 6.07) is 7.34. The summed E-state index contributed by atoms with van der Waals surface area (Å²) < 4.78 is 6.61. The highest BCUT2D eigenvalue weighted by atomic mass is 16.5. The van der Waals surface area contributed by atoms with Crippen LogP contribution in [0.3, 0.4) is 0 Å². The number of aliphatic hydroxyl groups excluding tert-OH is 1. The van der Waals surface area contributed by atoms with Crippen molar-refractivity contribution in [2.45, 2.75) is 32.4 Å². The monoisotopic (exact) mass is 477 g/mol. The van der Waals surface area contributed by atoms with Gasteiger partial charge in [0.2, 0.25) is 5.91 Å². The van der Waals surface area contributed by atoms with E-state index in [0.717, 1.165) is 29.7 Å². The molecule has 182 valence electrons. The molecule has 2 aliphatic rings. The summed E-state index contributed by atoms with van der Waals surface area (Å²) in [5.41, 5.74) is 4.72. The molecule has 4 heterocycles. The number of esters is 1. The van der Waals surface area contributed by atoms with E-state index in [2.05, 4.69) is 25.4 Å². The first kappa shape index (κ1) is 23.1. The van der Waals surface area contributed by atoms with Crippen LogP contribution in [0.1, 0.15) is 32.6 Å². The van der Waals surface area contributed by atoms with Gasteiger partial charge < -0.3 is 14.7 Å². The Kier molecular flexibility index (Phi) is 6.51. The first-order chi connectivity index (χ1) is 17.0. The summed E-state index contributed by atoms with van der Waals surface area (Å²) >= 11 is 0. The fourth-order valence-electron chi connectivity index (χ4n) is 4.73. The van der Waals surface area contributed by atoms with Gasteiger partial charge in [0.25, 0.3) is 0 Å². The SMILES string of the molecule is Cc1c(CCN2CCN(C(=O)Cc3ccc(-n4cnnn4)nc3)C[C@@H]2CO)ccc2c1COC2=O. The second kappa shape index (κ2) is 9.88. The minimum Gasteiger partial charge on any atom is -0.457 e. The van der Waals surface area contributed by atoms with E-state index in [0.29, 0.717) is 37.6 Å². The van der Waals surface area contributed by atoms with Crippen molar-refractivity contribution in [1.82, 2.24) is 35.0 Å². The number of nitrogens with zero attached hydrogens (tertiary/aromatic N) is 7. The zero-order valence-electron chi connectivity index (χ0n) is 19.5. The van der Waals surface area contributed by atoms with E-state index in [-0.39, 0.29) is 30.9 Å². The summed E-state index contributed by atoms with van der Waals surface area (Å²) in [7, 11) is 0. The van der Waals surface area contributed by atoms with Crippen LogP contribution in [0.2, 0.25) is 0 Å². The molecule has 11 nitrogen and oxygen atoms in total. The third-order valence-electron chi connectivity index (χ3n) is 6.86. The highest BCUT2D eigenvalue weighted by Gasteiger charge is 2.29. The molecule has 5 rings (SSSR count). The maximum absolute atomic E-state index is 12.9. The minimum absolute atomic E-state index is 0.0132. The van der Waals surface area contributed by atoms with E-state index < -0.39 is 0 Å². The topological polar surface area (TPSA) is 127 Å². The van der Waals surface area contributed by atoms with E-state index in [4.69, 9.17) is 4.74 Å². The molecule has 0 aliphatic carbocycles. The smallest absolute Gasteiger partial charge is 0.338 e. The number of rotatable bonds is 7. The van der Waals surface area contributed by atoms with Gasteiger partial charge in [0.05, 0.1) is 24.6 Å². The summed E-state index contributed by atoms with van der Waals surface area (Å²) in [6.07, 6.45) is 4.17. The van der Waals surface area contributed by atoms with Gasteiger partial charge in [-0.3, -0.25) is 9.69 Å². The molecule has 0 saturated carbocycles. The van der Waals surface area contributed by atoms with Crippen molar-refractivity contribution in [2.75, 3.05) is 32.8 Å². The number of carbonyl (C=O) groups is 2. The van der Waals surface area contributed by atoms with Gasteiger partial charge in [0, 0.05) is 37.9 Å². The first-order valence-electron chi connectivity index (χ1n) is 11.6. The Hall–Kier alpha value is -3.70. The third-order valence-corrected chi connectivity index (χ3v) is 6.86. The summed E-state index contributed by atoms with van der Waals surface area (Å²) in [5.74, 6) is 0.340. The van der Waals surface area contributed by atoms with Crippen LogP contribution in [-0.4, -0.2) is 90.8 Å². The average Bonchev–Trinajstić information content (AvgIpc) is 3.55. The van der Waals surface area contributed by atoms with Crippen molar-refractivity contribution >= 4 is 11.9 Å². The highest BCUT2D eigenvalue weighted by molar-refractivity contribution is 5.93. The second-order valence-electron chi connectivity index (χ2n) is 8.87. The summed E-state index contributed by atoms with van der Waals surface area (Å²) in [6.45, 7) is 4.90. The number of aromatic nitrogens is 5. The van der Waals surface area contributed by atoms with Crippen molar-refractivity contribution in [3.63, 3.8) is 0 Å². The zero-order chi connectivity index (χ0) is 24.4. The zero-order valence-corrected chi connectivity index (χ0v) is 19.5. The molecule has 11 heteroatoms. The van der Waals surface area contributed by atoms with Gasteiger partial charge >= 0.3 is 5.97 Å². The quantitative estimate of drug-likeness (QED) is 0.479. The van der Waals surface area contributed by atoms with Crippen LogP contribution >= 0.6 is 0 Å². The molecule has 3 aromatic rings. The Bertz CT molecular complexity index is 1210. The molecule has 0 spiro atoms. The molecule has 0 radical (unpaired) electrons. The Balaban J connectivity index is 1.16. The van der Waals surface area contributed by atoms with Crippen LogP contribution in [0.4, 0.5) is 0 Å². The van der Waals surface area contributed by atoms with Gasteiger partial charge in [-0.05, 0) is 52.6 Å². The number of piperazine rings is 1. The largest absolute Gasteiger partial charge is 0.457 e. The number of hydrogen-bond donors (Lipinski definition) is 1. The van der Waals surface area contributed by atoms with Gasteiger partial charge in [-0.15, -0.1) is 5.10 Å². The summed E-state index contributed by atoms with van der Waals surface area (Å²) in [5, 5.41) is 21.0. The number of hydrogen-bond acceptors (Lipinski definition) is 9. The van der Waals surface area contributed by atoms with Crippen molar-refractivity contribution < 1.29 is 19.4 Å². The van der Waals surface area contributed by atoms with Crippen molar-refractivity contribution in [3.05, 3.63) is 64.6 Å². The molecular formula is C24H27N7O4. The van der Waals surface area contributed by atoms with Crippen molar-refractivity contribution in [2.24, 2.45) is 0 Å². The molecule has 1 aromatic carbocycles. The van der Waals surface area contributed by atoms with Crippen LogP contribution in [-0.2, 0) is 29.0 Å². The van der Waals surface area contributed by atoms with E-state index in [1.807, 2.05) is 30.0 Å². The Morgan fingerprint density at radius 2 is 2.11 bits per heavy atom. The predicted molar refractivity (Wildman–Crippen MR) is 124 cm³/mol. The average molecular weight is 478 g/mol. The first-order valence-corrected chi connectivity index (χ1v) is 11.6. The maximum atomic E-state index is 12.9. The standard InChI is InChI=1S/C24H27N7O4/c1-16-18(3-4-20-21(16)14-35-24(20)34)6-7-29-8-9-30(12-19(29)13-32)23(33)10-17-2-5-22(25-11-17)31-15-26-27-28-31/h2-5,11,15,19,32H,6-10,12-14H2,1H3/t19-/m1/s1. The lowest BCUT2D eigenvalue weighted by Crippen LogP contribution is -2.56. The maximum Gasteiger partial charge on any atom is 0.338 e. The van der Waals surface area contributed by atoms with E-state index >= 15 is 0 Å². The number of tetrazole rings is 1. The van der Waals surface area contributed by atoms with Gasteiger partial charge in [-0.2, -0.15) is 4.68 Å². The molecule has 1 saturated heterocycles. The number of carbonyl (C=O) groups excluding carboxylic acids is 2. The van der Waals surface area contributed by atoms with Crippen LogP contribution in [0.5, 0.6) is 0 Å². The van der Waals surface area contributed by atoms with Gasteiger partial charge in [-0.1, -0.05) is 12.1 Å². The van der Waals surface area contributed by atoms with E-state index in [1.54, 1.807) is 12.3 Å². The Morgan fingerprint density at radius 1 is 1.23 bits per heavy atom. The number of amides is 1. The van der Waals surface area contributed by atoms with Crippen LogP contribution < -0.4 is 0 Å². The number of fused-ring (bicyclic) bond motifs is 1. The predicted octanol–water partition coefficient (Wildman–Crippen LogP) is 0.326. The molecule has 1 N–H and O–H groups in total. The molecular weight excluding hydrogens is 450 g/mol. The molecule has 1 fully saturated rings. The lowest BCUT2D eigenvalue weighted by molar-refractivity contribution is -0.134. The Labute approximate surface area is 202 Å². The number of cyclic esters (lactones) is 1. The number of benzene rings is 1. The number of aliphatic hydroxyl groups is 1. The van der Waals surface area contributed by atoms with E-state index in [9.17, 15) is 14.7 Å². The van der Waals surface area contributed by atoms with Crippen molar-refractivity contribution in [3.8, 4) is 5.82 Å². The Morgan fingerprint density at radius 3 is 2.86 bits per heavy atom. The minimum atomic E-state index is -0.255. The van der Waals surface area contributed by atoms with Gasteiger partial charge in [-0.25, -0.2) is 9.78 Å². The second-order valence-corrected chi connectivity index (χ2v) is 8.87. The number of pyridine rings is 1. The lowest BCUT2D eigenvalue weighted by atomic mass is 9.96. The molecule has 1 atom stereocenters. The molecule has 35 heavy (non-hydrogen) atoms. The lowest BCUT2D eigenvalue weighted by Gasteiger charge is -2.41. The van der Waals surface area contributed by atoms with Gasteiger partial charge in [0.1, 0.15) is 12.9 Å². The fraction of sp³-hybridized carbons (Fsp3) is 0.417.